The first-order valence-electron chi connectivity index (χ1n) is 9.51. The summed E-state index contributed by atoms with van der Waals surface area (Å²) >= 11 is 7.93. The van der Waals surface area contributed by atoms with Crippen molar-refractivity contribution in [3.05, 3.63) is 83.7 Å². The van der Waals surface area contributed by atoms with Crippen molar-refractivity contribution in [1.82, 2.24) is 9.55 Å². The first-order chi connectivity index (χ1) is 14.1. The third kappa shape index (κ3) is 5.39. The van der Waals surface area contributed by atoms with Crippen molar-refractivity contribution in [2.75, 3.05) is 12.4 Å². The number of nitrogens with zero attached hydrogens (tertiary/aromatic N) is 2. The van der Waals surface area contributed by atoms with E-state index in [-0.39, 0.29) is 11.9 Å². The number of halogens is 2. The maximum atomic E-state index is 13.2. The van der Waals surface area contributed by atoms with Gasteiger partial charge >= 0.3 is 0 Å². The normalized spacial score (nSPS) is 21.5. The van der Waals surface area contributed by atoms with Crippen LogP contribution in [-0.2, 0) is 22.4 Å². The van der Waals surface area contributed by atoms with Crippen molar-refractivity contribution in [2.24, 2.45) is 0 Å². The SMILES string of the molecule is Fc1ccc(CCC2(Cn3ccnc3)OCC(CSc3ccccc3Cl)O2)cc1. The minimum absolute atomic E-state index is 0.0342. The van der Waals surface area contributed by atoms with Crippen molar-refractivity contribution in [2.45, 2.75) is 36.2 Å². The third-order valence-electron chi connectivity index (χ3n) is 4.87. The number of ether oxygens (including phenoxy) is 2. The molecule has 1 aliphatic heterocycles. The molecule has 0 saturated carbocycles. The Morgan fingerprint density at radius 3 is 2.79 bits per heavy atom. The Morgan fingerprint density at radius 2 is 2.03 bits per heavy atom. The van der Waals surface area contributed by atoms with E-state index in [2.05, 4.69) is 4.98 Å². The van der Waals surface area contributed by atoms with Gasteiger partial charge in [0.15, 0.2) is 5.79 Å². The Bertz CT molecular complexity index is 923. The van der Waals surface area contributed by atoms with E-state index in [0.29, 0.717) is 19.6 Å². The van der Waals surface area contributed by atoms with Crippen LogP contribution in [0.5, 0.6) is 0 Å². The zero-order valence-electron chi connectivity index (χ0n) is 15.8. The molecule has 2 atom stereocenters. The smallest absolute Gasteiger partial charge is 0.187 e. The summed E-state index contributed by atoms with van der Waals surface area (Å²) in [7, 11) is 0. The van der Waals surface area contributed by atoms with E-state index in [4.69, 9.17) is 21.1 Å². The largest absolute Gasteiger partial charge is 0.345 e. The molecule has 0 aliphatic carbocycles. The van der Waals surface area contributed by atoms with Crippen molar-refractivity contribution in [3.8, 4) is 0 Å². The monoisotopic (exact) mass is 432 g/mol. The Balaban J connectivity index is 1.41. The predicted octanol–water partition coefficient (Wildman–Crippen LogP) is 5.21. The molecular weight excluding hydrogens is 411 g/mol. The lowest BCUT2D eigenvalue weighted by Crippen LogP contribution is -2.37. The number of rotatable bonds is 8. The maximum Gasteiger partial charge on any atom is 0.187 e. The van der Waals surface area contributed by atoms with E-state index in [1.807, 2.05) is 35.0 Å². The number of aromatic nitrogens is 2. The highest BCUT2D eigenvalue weighted by Crippen LogP contribution is 2.34. The molecule has 4 rings (SSSR count). The van der Waals surface area contributed by atoms with Gasteiger partial charge in [-0.05, 0) is 36.2 Å². The van der Waals surface area contributed by atoms with Crippen molar-refractivity contribution < 1.29 is 13.9 Å². The van der Waals surface area contributed by atoms with E-state index in [1.54, 1.807) is 36.4 Å². The first kappa shape index (κ1) is 20.4. The molecule has 1 aromatic heterocycles. The van der Waals surface area contributed by atoms with Crippen molar-refractivity contribution >= 4 is 23.4 Å². The molecule has 0 N–H and O–H groups in total. The average Bonchev–Trinajstić information content (AvgIpc) is 3.38. The molecule has 0 amide bonds. The standard InChI is InChI=1S/C22H22ClFN2O2S/c23-20-3-1-2-4-21(20)29-14-19-13-27-22(28-19,15-26-12-11-25-16-26)10-9-17-5-7-18(24)8-6-17/h1-8,11-12,16,19H,9-10,13-15H2. The van der Waals surface area contributed by atoms with Gasteiger partial charge in [-0.25, -0.2) is 9.37 Å². The topological polar surface area (TPSA) is 36.3 Å². The fourth-order valence-corrected chi connectivity index (χ4v) is 4.59. The number of aryl methyl sites for hydroxylation is 1. The highest BCUT2D eigenvalue weighted by molar-refractivity contribution is 7.99. The molecule has 1 saturated heterocycles. The fraction of sp³-hybridized carbons (Fsp3) is 0.318. The second-order valence-electron chi connectivity index (χ2n) is 7.06. The molecule has 1 aliphatic rings. The molecule has 2 heterocycles. The highest BCUT2D eigenvalue weighted by Gasteiger charge is 2.41. The molecule has 2 aromatic carbocycles. The lowest BCUT2D eigenvalue weighted by atomic mass is 10.0. The van der Waals surface area contributed by atoms with Crippen LogP contribution < -0.4 is 0 Å². The molecule has 0 bridgehead atoms. The van der Waals surface area contributed by atoms with Crippen LogP contribution in [-0.4, -0.2) is 33.8 Å². The minimum atomic E-state index is -0.735. The van der Waals surface area contributed by atoms with Crippen LogP contribution in [0.1, 0.15) is 12.0 Å². The van der Waals surface area contributed by atoms with Crippen LogP contribution in [0.25, 0.3) is 0 Å². The van der Waals surface area contributed by atoms with Gasteiger partial charge in [0.25, 0.3) is 0 Å². The molecule has 7 heteroatoms. The van der Waals surface area contributed by atoms with Crippen molar-refractivity contribution in [3.63, 3.8) is 0 Å². The highest BCUT2D eigenvalue weighted by atomic mass is 35.5. The number of benzene rings is 2. The number of hydrogen-bond donors (Lipinski definition) is 0. The van der Waals surface area contributed by atoms with Crippen LogP contribution >= 0.6 is 23.4 Å². The molecule has 1 fully saturated rings. The lowest BCUT2D eigenvalue weighted by Gasteiger charge is -2.28. The van der Waals surface area contributed by atoms with Gasteiger partial charge in [0.1, 0.15) is 5.82 Å². The van der Waals surface area contributed by atoms with Gasteiger partial charge in [0.2, 0.25) is 0 Å². The Hall–Kier alpha value is -1.86. The molecular formula is C22H22ClFN2O2S. The molecule has 0 radical (unpaired) electrons. The van der Waals surface area contributed by atoms with Crippen LogP contribution in [0, 0.1) is 5.82 Å². The number of imidazole rings is 1. The molecule has 29 heavy (non-hydrogen) atoms. The summed E-state index contributed by atoms with van der Waals surface area (Å²) in [6.45, 7) is 1.08. The average molecular weight is 433 g/mol. The summed E-state index contributed by atoms with van der Waals surface area (Å²) in [6, 6.07) is 14.4. The summed E-state index contributed by atoms with van der Waals surface area (Å²) in [6.07, 6.45) is 6.78. The first-order valence-corrected chi connectivity index (χ1v) is 10.9. The minimum Gasteiger partial charge on any atom is -0.345 e. The van der Waals surface area contributed by atoms with Gasteiger partial charge in [0.05, 0.1) is 30.6 Å². The van der Waals surface area contributed by atoms with Crippen LogP contribution in [0.2, 0.25) is 5.02 Å². The van der Waals surface area contributed by atoms with E-state index in [0.717, 1.165) is 27.7 Å². The maximum absolute atomic E-state index is 13.2. The second-order valence-corrected chi connectivity index (χ2v) is 8.53. The molecule has 152 valence electrons. The quantitative estimate of drug-likeness (QED) is 0.458. The van der Waals surface area contributed by atoms with Crippen LogP contribution in [0.4, 0.5) is 4.39 Å². The zero-order chi connectivity index (χ0) is 20.1. The van der Waals surface area contributed by atoms with Gasteiger partial charge in [-0.1, -0.05) is 35.9 Å². The van der Waals surface area contributed by atoms with E-state index >= 15 is 0 Å². The summed E-state index contributed by atoms with van der Waals surface area (Å²) in [4.78, 5) is 5.16. The van der Waals surface area contributed by atoms with Crippen LogP contribution in [0.15, 0.2) is 72.1 Å². The van der Waals surface area contributed by atoms with Gasteiger partial charge in [-0.3, -0.25) is 0 Å². The second kappa shape index (κ2) is 9.30. The molecule has 0 spiro atoms. The predicted molar refractivity (Wildman–Crippen MR) is 113 cm³/mol. The Labute approximate surface area is 179 Å². The molecule has 2 unspecified atom stereocenters. The van der Waals surface area contributed by atoms with Crippen molar-refractivity contribution in [1.29, 1.82) is 0 Å². The Morgan fingerprint density at radius 1 is 1.21 bits per heavy atom. The third-order valence-corrected chi connectivity index (χ3v) is 6.51. The molecule has 4 nitrogen and oxygen atoms in total. The van der Waals surface area contributed by atoms with E-state index in [9.17, 15) is 4.39 Å². The van der Waals surface area contributed by atoms with Crippen LogP contribution in [0.3, 0.4) is 0 Å². The van der Waals surface area contributed by atoms with E-state index < -0.39 is 5.79 Å². The van der Waals surface area contributed by atoms with Gasteiger partial charge in [-0.15, -0.1) is 11.8 Å². The van der Waals surface area contributed by atoms with Gasteiger partial charge in [0, 0.05) is 29.5 Å². The number of thioether (sulfide) groups is 1. The van der Waals surface area contributed by atoms with Gasteiger partial charge in [-0.2, -0.15) is 0 Å². The summed E-state index contributed by atoms with van der Waals surface area (Å²) < 4.78 is 27.8. The molecule has 3 aromatic rings. The van der Waals surface area contributed by atoms with Gasteiger partial charge < -0.3 is 14.0 Å². The Kier molecular flexibility index (Phi) is 6.55. The number of hydrogen-bond acceptors (Lipinski definition) is 4. The zero-order valence-corrected chi connectivity index (χ0v) is 17.4. The summed E-state index contributed by atoms with van der Waals surface area (Å²) in [5, 5.41) is 0.748. The summed E-state index contributed by atoms with van der Waals surface area (Å²) in [5.41, 5.74) is 1.05. The van der Waals surface area contributed by atoms with E-state index in [1.165, 1.54) is 12.1 Å². The fourth-order valence-electron chi connectivity index (χ4n) is 3.38. The summed E-state index contributed by atoms with van der Waals surface area (Å²) in [5.74, 6) is -0.209. The lowest BCUT2D eigenvalue weighted by molar-refractivity contribution is -0.180.